The van der Waals surface area contributed by atoms with E-state index in [0.717, 1.165) is 54.9 Å². The lowest BCUT2D eigenvalue weighted by Crippen LogP contribution is -3.16. The molecule has 23 heavy (non-hydrogen) atoms. The van der Waals surface area contributed by atoms with Gasteiger partial charge in [0.2, 0.25) is 0 Å². The fourth-order valence-electron chi connectivity index (χ4n) is 4.64. The minimum Gasteiger partial charge on any atom is -0.496 e. The zero-order chi connectivity index (χ0) is 16.4. The molecule has 2 aliphatic rings. The Morgan fingerprint density at radius 2 is 2.17 bits per heavy atom. The summed E-state index contributed by atoms with van der Waals surface area (Å²) in [6, 6.07) is 8.01. The molecule has 1 aromatic carbocycles. The number of benzene rings is 1. The molecule has 1 heterocycles. The fourth-order valence-corrected chi connectivity index (χ4v) is 4.64. The second-order valence-electron chi connectivity index (χ2n) is 6.98. The van der Waals surface area contributed by atoms with E-state index in [-0.39, 0.29) is 17.9 Å². The molecular formula is C18H27N2O3+. The molecule has 4 atom stereocenters. The lowest BCUT2D eigenvalue weighted by molar-refractivity contribution is -0.937. The van der Waals surface area contributed by atoms with Crippen LogP contribution >= 0.6 is 0 Å². The van der Waals surface area contributed by atoms with Gasteiger partial charge in [-0.2, -0.15) is 0 Å². The minimum atomic E-state index is -0.620. The fraction of sp³-hybridized carbons (Fsp3) is 0.611. The Bertz CT molecular complexity index is 577. The van der Waals surface area contributed by atoms with Gasteiger partial charge in [0.05, 0.1) is 24.8 Å². The average Bonchev–Trinajstić information content (AvgIpc) is 2.54. The van der Waals surface area contributed by atoms with E-state index < -0.39 is 5.60 Å². The first-order valence-corrected chi connectivity index (χ1v) is 8.53. The van der Waals surface area contributed by atoms with E-state index in [1.807, 2.05) is 18.2 Å². The zero-order valence-electron chi connectivity index (χ0n) is 13.8. The van der Waals surface area contributed by atoms with Crippen LogP contribution in [-0.2, 0) is 4.79 Å². The molecule has 0 spiro atoms. The Balaban J connectivity index is 2.02. The van der Waals surface area contributed by atoms with Crippen molar-refractivity contribution in [2.75, 3.05) is 20.2 Å². The van der Waals surface area contributed by atoms with E-state index in [4.69, 9.17) is 10.5 Å². The molecule has 1 amide bonds. The van der Waals surface area contributed by atoms with Crippen LogP contribution in [-0.4, -0.2) is 36.8 Å². The summed E-state index contributed by atoms with van der Waals surface area (Å²) in [4.78, 5) is 12.7. The number of piperidine rings is 1. The van der Waals surface area contributed by atoms with Gasteiger partial charge in [-0.25, -0.2) is 0 Å². The summed E-state index contributed by atoms with van der Waals surface area (Å²) in [6.45, 7) is 1.06. The van der Waals surface area contributed by atoms with Crippen LogP contribution in [0.15, 0.2) is 24.3 Å². The highest BCUT2D eigenvalue weighted by molar-refractivity contribution is 5.74. The Labute approximate surface area is 137 Å². The van der Waals surface area contributed by atoms with Crippen LogP contribution in [0.4, 0.5) is 0 Å². The molecule has 0 bridgehead atoms. The van der Waals surface area contributed by atoms with Crippen LogP contribution in [0.3, 0.4) is 0 Å². The molecule has 3 rings (SSSR count). The van der Waals surface area contributed by atoms with Crippen molar-refractivity contribution in [2.45, 2.75) is 43.7 Å². The number of methoxy groups -OCH3 is 1. The van der Waals surface area contributed by atoms with E-state index in [9.17, 15) is 9.90 Å². The summed E-state index contributed by atoms with van der Waals surface area (Å²) in [7, 11) is 1.67. The van der Waals surface area contributed by atoms with Gasteiger partial charge >= 0.3 is 0 Å². The van der Waals surface area contributed by atoms with Crippen LogP contribution in [0.2, 0.25) is 0 Å². The van der Waals surface area contributed by atoms with Crippen molar-refractivity contribution < 1.29 is 19.5 Å². The van der Waals surface area contributed by atoms with E-state index in [1.54, 1.807) is 7.11 Å². The van der Waals surface area contributed by atoms with Gasteiger partial charge in [0, 0.05) is 12.3 Å². The number of fused-ring (bicyclic) bond motifs is 1. The maximum absolute atomic E-state index is 11.5. The number of quaternary nitrogens is 1. The Hall–Kier alpha value is -1.59. The molecule has 1 saturated heterocycles. The highest BCUT2D eigenvalue weighted by Gasteiger charge is 2.52. The van der Waals surface area contributed by atoms with Crippen LogP contribution in [0.1, 0.15) is 43.7 Å². The molecule has 4 N–H and O–H groups in total. The number of ether oxygens (including phenoxy) is 1. The van der Waals surface area contributed by atoms with Crippen molar-refractivity contribution in [3.63, 3.8) is 0 Å². The molecule has 2 fully saturated rings. The lowest BCUT2D eigenvalue weighted by atomic mass is 9.66. The number of likely N-dealkylation sites (tertiary alicyclic amines) is 1. The highest BCUT2D eigenvalue weighted by Crippen LogP contribution is 2.45. The minimum absolute atomic E-state index is 0.0534. The van der Waals surface area contributed by atoms with Crippen LogP contribution in [0, 0.1) is 5.92 Å². The molecule has 1 aromatic rings. The third-order valence-electron chi connectivity index (χ3n) is 5.66. The zero-order valence-corrected chi connectivity index (χ0v) is 13.8. The standard InChI is InChI=1S/C18H26N2O3/c1-23-15-8-3-2-6-13(15)17-14-7-4-5-9-18(14,22)10-11-20(17)12-16(19)21/h2-3,6,8,14,17,22H,4-5,7,9-12H2,1H3,(H2,19,21)/p+1/t14-,17+,18+/m0/s1. The van der Waals surface area contributed by atoms with Crippen molar-refractivity contribution in [3.8, 4) is 5.75 Å². The van der Waals surface area contributed by atoms with Gasteiger partial charge in [-0.05, 0) is 25.0 Å². The monoisotopic (exact) mass is 319 g/mol. The van der Waals surface area contributed by atoms with Crippen LogP contribution in [0.25, 0.3) is 0 Å². The number of carbonyl (C=O) groups is 1. The van der Waals surface area contributed by atoms with Gasteiger partial charge < -0.3 is 20.5 Å². The second-order valence-corrected chi connectivity index (χ2v) is 6.98. The molecule has 5 heteroatoms. The smallest absolute Gasteiger partial charge is 0.272 e. The summed E-state index contributed by atoms with van der Waals surface area (Å²) in [6.07, 6.45) is 4.79. The molecule has 0 aromatic heterocycles. The van der Waals surface area contributed by atoms with Gasteiger partial charge in [-0.3, -0.25) is 4.79 Å². The SMILES string of the molecule is COc1ccccc1[C@@H]1[C@@H]2CCCC[C@@]2(O)CC[NH+]1CC(N)=O. The maximum Gasteiger partial charge on any atom is 0.272 e. The molecule has 1 aliphatic carbocycles. The number of rotatable bonds is 4. The first kappa shape index (κ1) is 16.3. The molecular weight excluding hydrogens is 292 g/mol. The van der Waals surface area contributed by atoms with E-state index in [2.05, 4.69) is 6.07 Å². The van der Waals surface area contributed by atoms with Gasteiger partial charge in [0.1, 0.15) is 11.8 Å². The van der Waals surface area contributed by atoms with Gasteiger partial charge in [-0.15, -0.1) is 0 Å². The first-order valence-electron chi connectivity index (χ1n) is 8.53. The largest absolute Gasteiger partial charge is 0.496 e. The number of nitrogens with one attached hydrogen (secondary N) is 1. The molecule has 1 aliphatic heterocycles. The molecule has 5 nitrogen and oxygen atoms in total. The topological polar surface area (TPSA) is 77.0 Å². The summed E-state index contributed by atoms with van der Waals surface area (Å²) in [5.74, 6) is 0.686. The number of aliphatic hydroxyl groups is 1. The van der Waals surface area contributed by atoms with E-state index in [1.165, 1.54) is 0 Å². The van der Waals surface area contributed by atoms with Crippen molar-refractivity contribution in [2.24, 2.45) is 11.7 Å². The van der Waals surface area contributed by atoms with Gasteiger partial charge in [0.25, 0.3) is 5.91 Å². The quantitative estimate of drug-likeness (QED) is 0.753. The third kappa shape index (κ3) is 3.08. The van der Waals surface area contributed by atoms with E-state index in [0.29, 0.717) is 6.54 Å². The number of amides is 1. The van der Waals surface area contributed by atoms with Gasteiger partial charge in [0.15, 0.2) is 6.54 Å². The molecule has 126 valence electrons. The first-order chi connectivity index (χ1) is 11.0. The Kier molecular flexibility index (Phi) is 4.60. The van der Waals surface area contributed by atoms with Crippen molar-refractivity contribution in [1.82, 2.24) is 0 Å². The number of carbonyl (C=O) groups excluding carboxylic acids is 1. The number of primary amides is 1. The number of hydrogen-bond donors (Lipinski definition) is 3. The molecule has 0 radical (unpaired) electrons. The normalized spacial score (nSPS) is 33.7. The number of hydrogen-bond acceptors (Lipinski definition) is 3. The Morgan fingerprint density at radius 1 is 1.39 bits per heavy atom. The predicted molar refractivity (Wildman–Crippen MR) is 87.2 cm³/mol. The molecule has 1 unspecified atom stereocenters. The lowest BCUT2D eigenvalue weighted by Gasteiger charge is -2.50. The maximum atomic E-state index is 11.5. The summed E-state index contributed by atoms with van der Waals surface area (Å²) >= 11 is 0. The van der Waals surface area contributed by atoms with Crippen LogP contribution < -0.4 is 15.4 Å². The molecule has 1 saturated carbocycles. The summed E-state index contributed by atoms with van der Waals surface area (Å²) < 4.78 is 5.55. The number of nitrogens with two attached hydrogens (primary N) is 1. The van der Waals surface area contributed by atoms with Crippen molar-refractivity contribution in [3.05, 3.63) is 29.8 Å². The van der Waals surface area contributed by atoms with E-state index >= 15 is 0 Å². The van der Waals surface area contributed by atoms with Gasteiger partial charge in [-0.1, -0.05) is 25.0 Å². The Morgan fingerprint density at radius 3 is 2.91 bits per heavy atom. The average molecular weight is 319 g/mol. The third-order valence-corrected chi connectivity index (χ3v) is 5.66. The van der Waals surface area contributed by atoms with Crippen molar-refractivity contribution >= 4 is 5.91 Å². The van der Waals surface area contributed by atoms with Crippen molar-refractivity contribution in [1.29, 1.82) is 0 Å². The predicted octanol–water partition coefficient (Wildman–Crippen LogP) is 0.432. The summed E-state index contributed by atoms with van der Waals surface area (Å²) in [5, 5.41) is 11.2. The highest BCUT2D eigenvalue weighted by atomic mass is 16.5. The summed E-state index contributed by atoms with van der Waals surface area (Å²) in [5.41, 5.74) is 5.94. The second kappa shape index (κ2) is 6.49. The van der Waals surface area contributed by atoms with Crippen LogP contribution in [0.5, 0.6) is 5.75 Å². The number of para-hydroxylation sites is 1.